The third kappa shape index (κ3) is 4.39. The summed E-state index contributed by atoms with van der Waals surface area (Å²) in [5, 5.41) is 0. The number of ether oxygens (including phenoxy) is 4. The Bertz CT molecular complexity index is 1120. The van der Waals surface area contributed by atoms with Gasteiger partial charge in [-0.2, -0.15) is 0 Å². The number of rotatable bonds is 8. The predicted octanol–water partition coefficient (Wildman–Crippen LogP) is 2.39. The monoisotopic (exact) mass is 438 g/mol. The number of Topliss-reactive ketones (excluding diaryl/α,β-unsaturated/α-hetero) is 1. The van der Waals surface area contributed by atoms with Crippen LogP contribution in [0.2, 0.25) is 0 Å². The molecule has 0 heterocycles. The van der Waals surface area contributed by atoms with Crippen LogP contribution >= 0.6 is 0 Å². The van der Waals surface area contributed by atoms with Crippen LogP contribution in [0.25, 0.3) is 0 Å². The van der Waals surface area contributed by atoms with Crippen molar-refractivity contribution in [3.05, 3.63) is 70.7 Å². The van der Waals surface area contributed by atoms with Crippen molar-refractivity contribution in [2.75, 3.05) is 28.4 Å². The van der Waals surface area contributed by atoms with Crippen molar-refractivity contribution in [3.8, 4) is 11.5 Å². The average Bonchev–Trinajstić information content (AvgIpc) is 2.80. The highest BCUT2D eigenvalue weighted by Gasteiger charge is 2.32. The summed E-state index contributed by atoms with van der Waals surface area (Å²) in [6, 6.07) is 5.04. The van der Waals surface area contributed by atoms with Gasteiger partial charge in [-0.15, -0.1) is 0 Å². The van der Waals surface area contributed by atoms with E-state index in [9.17, 15) is 19.2 Å². The molecule has 0 saturated carbocycles. The van der Waals surface area contributed by atoms with Gasteiger partial charge < -0.3 is 18.9 Å². The van der Waals surface area contributed by atoms with E-state index in [0.29, 0.717) is 17.1 Å². The molecule has 0 aromatic heterocycles. The second-order valence-electron chi connectivity index (χ2n) is 7.03. The van der Waals surface area contributed by atoms with Crippen molar-refractivity contribution in [1.82, 2.24) is 0 Å². The summed E-state index contributed by atoms with van der Waals surface area (Å²) in [6.45, 7) is 0. The Morgan fingerprint density at radius 1 is 0.719 bits per heavy atom. The SMILES string of the molecule is COC1=CC(=O)C(C(CC2=CC(=O)C=C(OC)C2=O)c2ccc(OC)c(OC)c2)=CC1=O. The normalized spacial score (nSPS) is 17.1. The van der Waals surface area contributed by atoms with Crippen LogP contribution in [0.3, 0.4) is 0 Å². The average molecular weight is 438 g/mol. The van der Waals surface area contributed by atoms with Crippen LogP contribution in [0.15, 0.2) is 65.2 Å². The molecule has 2 aliphatic carbocycles. The molecule has 1 atom stereocenters. The lowest BCUT2D eigenvalue weighted by molar-refractivity contribution is -0.118. The van der Waals surface area contributed by atoms with Gasteiger partial charge in [0.25, 0.3) is 0 Å². The summed E-state index contributed by atoms with van der Waals surface area (Å²) in [5.74, 6) is -1.74. The molecule has 8 nitrogen and oxygen atoms in total. The van der Waals surface area contributed by atoms with Crippen molar-refractivity contribution in [2.24, 2.45) is 0 Å². The number of carbonyl (C=O) groups is 4. The van der Waals surface area contributed by atoms with E-state index in [2.05, 4.69) is 0 Å². The molecule has 32 heavy (non-hydrogen) atoms. The van der Waals surface area contributed by atoms with Gasteiger partial charge in [-0.25, -0.2) is 0 Å². The van der Waals surface area contributed by atoms with Gasteiger partial charge in [0, 0.05) is 29.2 Å². The maximum Gasteiger partial charge on any atom is 0.223 e. The maximum absolute atomic E-state index is 12.9. The zero-order valence-electron chi connectivity index (χ0n) is 18.1. The summed E-state index contributed by atoms with van der Waals surface area (Å²) < 4.78 is 20.6. The quantitative estimate of drug-likeness (QED) is 0.570. The van der Waals surface area contributed by atoms with Crippen molar-refractivity contribution >= 4 is 23.1 Å². The molecule has 1 unspecified atom stereocenters. The fourth-order valence-corrected chi connectivity index (χ4v) is 3.62. The van der Waals surface area contributed by atoms with Gasteiger partial charge in [0.15, 0.2) is 34.6 Å². The van der Waals surface area contributed by atoms with E-state index >= 15 is 0 Å². The lowest BCUT2D eigenvalue weighted by atomic mass is 9.79. The van der Waals surface area contributed by atoms with Gasteiger partial charge in [0.05, 0.1) is 28.4 Å². The Balaban J connectivity index is 2.09. The lowest BCUT2D eigenvalue weighted by Gasteiger charge is -2.24. The summed E-state index contributed by atoms with van der Waals surface area (Å²) in [5.41, 5.74) is 0.925. The molecule has 0 N–H and O–H groups in total. The standard InChI is InChI=1S/C24H22O8/c1-29-20-6-5-13(9-22(20)31-3)16(17-11-19(27)21(30-2)12-18(17)26)8-14-7-15(25)10-23(32-4)24(14)28/h5-7,9-12,16H,8H2,1-4H3. The molecule has 8 heteroatoms. The fourth-order valence-electron chi connectivity index (χ4n) is 3.62. The highest BCUT2D eigenvalue weighted by molar-refractivity contribution is 6.21. The molecule has 0 bridgehead atoms. The van der Waals surface area contributed by atoms with E-state index in [0.717, 1.165) is 12.2 Å². The zero-order valence-corrected chi connectivity index (χ0v) is 18.1. The van der Waals surface area contributed by atoms with Crippen LogP contribution in [0.4, 0.5) is 0 Å². The van der Waals surface area contributed by atoms with Crippen LogP contribution in [-0.2, 0) is 28.7 Å². The van der Waals surface area contributed by atoms with E-state index in [1.165, 1.54) is 40.6 Å². The third-order valence-electron chi connectivity index (χ3n) is 5.23. The van der Waals surface area contributed by atoms with Gasteiger partial charge in [-0.05, 0) is 36.3 Å². The highest BCUT2D eigenvalue weighted by Crippen LogP contribution is 2.39. The largest absolute Gasteiger partial charge is 0.493 e. The molecule has 0 fully saturated rings. The second-order valence-corrected chi connectivity index (χ2v) is 7.03. The maximum atomic E-state index is 12.9. The van der Waals surface area contributed by atoms with Crippen LogP contribution in [0.5, 0.6) is 11.5 Å². The number of benzene rings is 1. The summed E-state index contributed by atoms with van der Waals surface area (Å²) in [6.07, 6.45) is 4.63. The second kappa shape index (κ2) is 9.47. The first-order valence-electron chi connectivity index (χ1n) is 9.65. The van der Waals surface area contributed by atoms with Crippen LogP contribution < -0.4 is 9.47 Å². The smallest absolute Gasteiger partial charge is 0.223 e. The van der Waals surface area contributed by atoms with Crippen molar-refractivity contribution < 1.29 is 38.1 Å². The molecule has 1 aromatic carbocycles. The molecular weight excluding hydrogens is 416 g/mol. The number of hydrogen-bond donors (Lipinski definition) is 0. The molecule has 0 radical (unpaired) electrons. The first kappa shape index (κ1) is 22.7. The minimum atomic E-state index is -0.722. The predicted molar refractivity (Wildman–Crippen MR) is 113 cm³/mol. The number of ketones is 4. The molecule has 2 aliphatic rings. The Kier molecular flexibility index (Phi) is 6.73. The van der Waals surface area contributed by atoms with Crippen molar-refractivity contribution in [2.45, 2.75) is 12.3 Å². The van der Waals surface area contributed by atoms with Crippen LogP contribution in [-0.4, -0.2) is 51.6 Å². The molecular formula is C24H22O8. The van der Waals surface area contributed by atoms with E-state index in [1.54, 1.807) is 18.2 Å². The van der Waals surface area contributed by atoms with Gasteiger partial charge >= 0.3 is 0 Å². The number of hydrogen-bond acceptors (Lipinski definition) is 8. The van der Waals surface area contributed by atoms with E-state index in [-0.39, 0.29) is 29.1 Å². The Labute approximate surface area is 184 Å². The fraction of sp³-hybridized carbons (Fsp3) is 0.250. The van der Waals surface area contributed by atoms with Crippen molar-refractivity contribution in [3.63, 3.8) is 0 Å². The Hall–Kier alpha value is -3.94. The summed E-state index contributed by atoms with van der Waals surface area (Å²) >= 11 is 0. The molecule has 0 amide bonds. The molecule has 0 spiro atoms. The number of carbonyl (C=O) groups excluding carboxylic acids is 4. The van der Waals surface area contributed by atoms with E-state index < -0.39 is 29.1 Å². The zero-order chi connectivity index (χ0) is 23.4. The van der Waals surface area contributed by atoms with E-state index in [4.69, 9.17) is 18.9 Å². The highest BCUT2D eigenvalue weighted by atomic mass is 16.5. The topological polar surface area (TPSA) is 105 Å². The number of allylic oxidation sites excluding steroid dienone is 6. The van der Waals surface area contributed by atoms with E-state index in [1.807, 2.05) is 0 Å². The first-order chi connectivity index (χ1) is 15.3. The Morgan fingerprint density at radius 3 is 2.03 bits per heavy atom. The van der Waals surface area contributed by atoms with Gasteiger partial charge in [0.1, 0.15) is 0 Å². The molecule has 0 saturated heterocycles. The molecule has 0 aliphatic heterocycles. The molecule has 1 aromatic rings. The summed E-state index contributed by atoms with van der Waals surface area (Å²) in [4.78, 5) is 50.1. The first-order valence-corrected chi connectivity index (χ1v) is 9.65. The number of methoxy groups -OCH3 is 4. The van der Waals surface area contributed by atoms with Crippen LogP contribution in [0, 0.1) is 0 Å². The third-order valence-corrected chi connectivity index (χ3v) is 5.23. The van der Waals surface area contributed by atoms with Gasteiger partial charge in [-0.3, -0.25) is 19.2 Å². The lowest BCUT2D eigenvalue weighted by Crippen LogP contribution is -2.22. The summed E-state index contributed by atoms with van der Waals surface area (Å²) in [7, 11) is 5.57. The molecule has 166 valence electrons. The van der Waals surface area contributed by atoms with Crippen LogP contribution in [0.1, 0.15) is 17.9 Å². The van der Waals surface area contributed by atoms with Gasteiger partial charge in [-0.1, -0.05) is 6.07 Å². The minimum Gasteiger partial charge on any atom is -0.493 e. The van der Waals surface area contributed by atoms with Crippen molar-refractivity contribution in [1.29, 1.82) is 0 Å². The minimum absolute atomic E-state index is 0.0121. The molecule has 3 rings (SSSR count). The Morgan fingerprint density at radius 2 is 1.41 bits per heavy atom. The van der Waals surface area contributed by atoms with Gasteiger partial charge in [0.2, 0.25) is 11.6 Å².